The van der Waals surface area contributed by atoms with E-state index in [1.165, 1.54) is 36.1 Å². The lowest BCUT2D eigenvalue weighted by molar-refractivity contribution is -0.136. The molecule has 2 aliphatic heterocycles. The third-order valence-electron chi connectivity index (χ3n) is 7.10. The molecule has 2 amide bonds. The number of nitrogens with zero attached hydrogens (tertiary/aromatic N) is 2. The molecule has 0 aliphatic carbocycles. The van der Waals surface area contributed by atoms with Crippen LogP contribution in [0.4, 0.5) is 11.4 Å². The molecule has 2 N–H and O–H groups in total. The number of rotatable bonds is 5. The normalized spacial score (nSPS) is 17.2. The molecule has 2 heterocycles. The second-order valence-corrected chi connectivity index (χ2v) is 9.49. The van der Waals surface area contributed by atoms with Gasteiger partial charge in [-0.25, -0.2) is 0 Å². The number of fused-ring (bicyclic) bond motifs is 1. The number of carbonyl (C=O) groups excluding carboxylic acids is 2. The van der Waals surface area contributed by atoms with Crippen molar-refractivity contribution in [2.45, 2.75) is 52.0 Å². The van der Waals surface area contributed by atoms with Crippen molar-refractivity contribution < 1.29 is 9.59 Å². The van der Waals surface area contributed by atoms with Crippen LogP contribution in [-0.2, 0) is 16.0 Å². The van der Waals surface area contributed by atoms with Crippen molar-refractivity contribution in [1.29, 1.82) is 0 Å². The summed E-state index contributed by atoms with van der Waals surface area (Å²) in [5.74, 6) is -1.21. The molecule has 4 rings (SSSR count). The van der Waals surface area contributed by atoms with E-state index < -0.39 is 11.8 Å². The number of anilines is 2. The van der Waals surface area contributed by atoms with Crippen LogP contribution in [0.5, 0.6) is 0 Å². The van der Waals surface area contributed by atoms with Crippen LogP contribution in [0.25, 0.3) is 0 Å². The summed E-state index contributed by atoms with van der Waals surface area (Å²) in [6.45, 7) is 7.57. The summed E-state index contributed by atoms with van der Waals surface area (Å²) in [6, 6.07) is 12.5. The van der Waals surface area contributed by atoms with E-state index in [1.807, 2.05) is 32.0 Å². The van der Waals surface area contributed by atoms with Gasteiger partial charge in [0.25, 0.3) is 0 Å². The van der Waals surface area contributed by atoms with Gasteiger partial charge in [-0.3, -0.25) is 14.5 Å². The van der Waals surface area contributed by atoms with Crippen molar-refractivity contribution in [3.05, 3.63) is 58.7 Å². The molecule has 1 fully saturated rings. The Morgan fingerprint density at radius 1 is 0.909 bits per heavy atom. The van der Waals surface area contributed by atoms with Crippen LogP contribution in [0, 0.1) is 13.8 Å². The van der Waals surface area contributed by atoms with E-state index in [1.54, 1.807) is 0 Å². The monoisotopic (exact) mass is 448 g/mol. The van der Waals surface area contributed by atoms with Crippen molar-refractivity contribution in [1.82, 2.24) is 10.2 Å². The van der Waals surface area contributed by atoms with E-state index in [0.717, 1.165) is 43.6 Å². The van der Waals surface area contributed by atoms with Crippen molar-refractivity contribution in [2.24, 2.45) is 0 Å². The van der Waals surface area contributed by atoms with E-state index >= 15 is 0 Å². The predicted molar refractivity (Wildman–Crippen MR) is 134 cm³/mol. The Labute approximate surface area is 197 Å². The zero-order chi connectivity index (χ0) is 23.4. The first-order valence-electron chi connectivity index (χ1n) is 12.2. The van der Waals surface area contributed by atoms with Crippen LogP contribution in [0.15, 0.2) is 36.4 Å². The minimum atomic E-state index is -0.622. The van der Waals surface area contributed by atoms with Gasteiger partial charge in [0.1, 0.15) is 0 Å². The second kappa shape index (κ2) is 10.4. The molecule has 6 nitrogen and oxygen atoms in total. The second-order valence-electron chi connectivity index (χ2n) is 9.49. The summed E-state index contributed by atoms with van der Waals surface area (Å²) >= 11 is 0. The molecule has 2 aliphatic rings. The largest absolute Gasteiger partial charge is 0.374 e. The fourth-order valence-electron chi connectivity index (χ4n) is 4.98. The van der Waals surface area contributed by atoms with E-state index in [0.29, 0.717) is 12.2 Å². The molecule has 0 saturated carbocycles. The summed E-state index contributed by atoms with van der Waals surface area (Å²) in [5.41, 5.74) is 6.78. The number of hydrogen-bond donors (Lipinski definition) is 2. The molecule has 1 saturated heterocycles. The number of hydrogen-bond acceptors (Lipinski definition) is 4. The van der Waals surface area contributed by atoms with Crippen LogP contribution in [0.3, 0.4) is 0 Å². The van der Waals surface area contributed by atoms with Gasteiger partial charge in [0, 0.05) is 31.5 Å². The van der Waals surface area contributed by atoms with Gasteiger partial charge in [-0.1, -0.05) is 24.6 Å². The Balaban J connectivity index is 1.46. The first-order valence-corrected chi connectivity index (χ1v) is 12.2. The Morgan fingerprint density at radius 3 is 2.45 bits per heavy atom. The fraction of sp³-hybridized carbons (Fsp3) is 0.481. The van der Waals surface area contributed by atoms with Crippen LogP contribution in [-0.4, -0.2) is 49.9 Å². The standard InChI is InChI=1S/C27H36N4O2/c1-19-9-11-23(16-20(19)2)29-27(33)26(32)28-18-25(31-14-5-4-6-15-31)22-10-12-24-21(17-22)8-7-13-30(24)3/h9-12,16-17,25H,4-8,13-15,18H2,1-3H3,(H,28,32)(H,29,33)/t25-/m0/s1. The molecule has 176 valence electrons. The highest BCUT2D eigenvalue weighted by molar-refractivity contribution is 6.39. The zero-order valence-corrected chi connectivity index (χ0v) is 20.1. The molecular weight excluding hydrogens is 412 g/mol. The summed E-state index contributed by atoms with van der Waals surface area (Å²) in [5, 5.41) is 5.64. The Morgan fingerprint density at radius 2 is 1.70 bits per heavy atom. The van der Waals surface area contributed by atoms with Crippen LogP contribution < -0.4 is 15.5 Å². The van der Waals surface area contributed by atoms with E-state index in [9.17, 15) is 9.59 Å². The van der Waals surface area contributed by atoms with Gasteiger partial charge in [-0.2, -0.15) is 0 Å². The van der Waals surface area contributed by atoms with Crippen LogP contribution in [0.2, 0.25) is 0 Å². The lowest BCUT2D eigenvalue weighted by Gasteiger charge is -2.36. The van der Waals surface area contributed by atoms with E-state index in [-0.39, 0.29) is 6.04 Å². The molecule has 0 bridgehead atoms. The van der Waals surface area contributed by atoms with Gasteiger partial charge in [0.05, 0.1) is 6.04 Å². The quantitative estimate of drug-likeness (QED) is 0.680. The molecule has 0 aromatic heterocycles. The summed E-state index contributed by atoms with van der Waals surface area (Å²) in [7, 11) is 2.15. The van der Waals surface area contributed by atoms with Gasteiger partial charge in [-0.15, -0.1) is 0 Å². The van der Waals surface area contributed by atoms with Gasteiger partial charge < -0.3 is 15.5 Å². The van der Waals surface area contributed by atoms with Crippen molar-refractivity contribution in [2.75, 3.05) is 43.4 Å². The molecule has 0 unspecified atom stereocenters. The number of amides is 2. The Hall–Kier alpha value is -2.86. The molecule has 0 spiro atoms. The summed E-state index contributed by atoms with van der Waals surface area (Å²) < 4.78 is 0. The maximum absolute atomic E-state index is 12.6. The molecule has 1 atom stereocenters. The smallest absolute Gasteiger partial charge is 0.313 e. The highest BCUT2D eigenvalue weighted by atomic mass is 16.2. The van der Waals surface area contributed by atoms with Gasteiger partial charge >= 0.3 is 11.8 Å². The number of carbonyl (C=O) groups is 2. The van der Waals surface area contributed by atoms with E-state index in [2.05, 4.69) is 45.7 Å². The molecule has 2 aromatic rings. The minimum absolute atomic E-state index is 0.0706. The molecule has 33 heavy (non-hydrogen) atoms. The molecule has 0 radical (unpaired) electrons. The number of nitrogens with one attached hydrogen (secondary N) is 2. The highest BCUT2D eigenvalue weighted by Gasteiger charge is 2.26. The average Bonchev–Trinajstić information content (AvgIpc) is 2.82. The Bertz CT molecular complexity index is 1010. The number of aryl methyl sites for hydroxylation is 3. The van der Waals surface area contributed by atoms with Gasteiger partial charge in [-0.05, 0) is 93.1 Å². The maximum Gasteiger partial charge on any atom is 0.313 e. The number of piperidine rings is 1. The number of benzene rings is 2. The maximum atomic E-state index is 12.6. The highest BCUT2D eigenvalue weighted by Crippen LogP contribution is 2.31. The average molecular weight is 449 g/mol. The van der Waals surface area contributed by atoms with Gasteiger partial charge in [0.2, 0.25) is 0 Å². The van der Waals surface area contributed by atoms with E-state index in [4.69, 9.17) is 0 Å². The van der Waals surface area contributed by atoms with Crippen molar-refractivity contribution in [3.8, 4) is 0 Å². The van der Waals surface area contributed by atoms with Crippen molar-refractivity contribution >= 4 is 23.2 Å². The molecular formula is C27H36N4O2. The van der Waals surface area contributed by atoms with Gasteiger partial charge in [0.15, 0.2) is 0 Å². The SMILES string of the molecule is Cc1ccc(NC(=O)C(=O)NC[C@@H](c2ccc3c(c2)CCCN3C)N2CCCCC2)cc1C. The first kappa shape index (κ1) is 23.3. The third-order valence-corrected chi connectivity index (χ3v) is 7.10. The van der Waals surface area contributed by atoms with Crippen LogP contribution in [0.1, 0.15) is 54.0 Å². The fourth-order valence-corrected chi connectivity index (χ4v) is 4.98. The lowest BCUT2D eigenvalue weighted by Crippen LogP contribution is -2.43. The zero-order valence-electron chi connectivity index (χ0n) is 20.1. The third kappa shape index (κ3) is 5.56. The first-order chi connectivity index (χ1) is 15.9. The van der Waals surface area contributed by atoms with Crippen LogP contribution >= 0.6 is 0 Å². The minimum Gasteiger partial charge on any atom is -0.374 e. The lowest BCUT2D eigenvalue weighted by atomic mass is 9.95. The summed E-state index contributed by atoms with van der Waals surface area (Å²) in [6.07, 6.45) is 5.85. The number of likely N-dealkylation sites (tertiary alicyclic amines) is 1. The predicted octanol–water partition coefficient (Wildman–Crippen LogP) is 3.97. The summed E-state index contributed by atoms with van der Waals surface area (Å²) in [4.78, 5) is 29.9. The van der Waals surface area contributed by atoms with Crippen molar-refractivity contribution in [3.63, 3.8) is 0 Å². The molecule has 6 heteroatoms. The molecule has 2 aromatic carbocycles. The Kier molecular flexibility index (Phi) is 7.33. The topological polar surface area (TPSA) is 64.7 Å².